The molecule has 0 spiro atoms. The first kappa shape index (κ1) is 32.7. The largest absolute Gasteiger partial charge is 0.489 e. The Bertz CT molecular complexity index is 2000. The second kappa shape index (κ2) is 11.6. The number of thiophene rings is 1. The standard InChI is InChI=1S/C30H23ClF8N6O2S/c31-21-19(13-2-3-15(33)25-18(13)14(7-40)26(41)48-25)22(36)23-20-24(21)46-10-16(30(37,38)39)45(9-17(34)35)27(20)43-28(42-23)47-11-29-4-1-5-44(29)8-12(32)6-29/h2-3,12,16-17H,1,4-6,8-11,41H2/t12-,16-,29+/m1/s1. The maximum Gasteiger partial charge on any atom is 0.412 e. The van der Waals surface area contributed by atoms with Gasteiger partial charge in [-0.1, -0.05) is 17.7 Å². The number of nitrogen functional groups attached to an aromatic ring is 1. The fourth-order valence-electron chi connectivity index (χ4n) is 7.07. The van der Waals surface area contributed by atoms with Gasteiger partial charge in [-0.3, -0.25) is 4.90 Å². The van der Waals surface area contributed by atoms with Crippen molar-refractivity contribution in [3.63, 3.8) is 0 Å². The summed E-state index contributed by atoms with van der Waals surface area (Å²) in [5.74, 6) is -3.36. The van der Waals surface area contributed by atoms with Gasteiger partial charge in [-0.15, -0.1) is 11.3 Å². The SMILES string of the molecule is N#Cc1c(N)sc2c(F)ccc(-c3c(Cl)c4c5c(nc(OC[C@@]67CCCN6C[C@H](F)C7)nc5c3F)N(CC(F)F)[C@@H](C(F)(F)F)CO4)c12. The first-order chi connectivity index (χ1) is 22.7. The van der Waals surface area contributed by atoms with Crippen molar-refractivity contribution in [2.24, 2.45) is 0 Å². The number of anilines is 2. The third-order valence-corrected chi connectivity index (χ3v) is 10.5. The Morgan fingerprint density at radius 2 is 2.00 bits per heavy atom. The van der Waals surface area contributed by atoms with E-state index in [9.17, 15) is 36.0 Å². The summed E-state index contributed by atoms with van der Waals surface area (Å²) in [7, 11) is 0. The highest BCUT2D eigenvalue weighted by molar-refractivity contribution is 7.23. The third-order valence-electron chi connectivity index (χ3n) is 9.12. The van der Waals surface area contributed by atoms with Crippen molar-refractivity contribution in [1.82, 2.24) is 14.9 Å². The first-order valence-corrected chi connectivity index (χ1v) is 15.8. The molecule has 18 heteroatoms. The van der Waals surface area contributed by atoms with Crippen LogP contribution in [0.15, 0.2) is 12.1 Å². The predicted molar refractivity (Wildman–Crippen MR) is 162 cm³/mol. The summed E-state index contributed by atoms with van der Waals surface area (Å²) in [4.78, 5) is 10.4. The Hall–Kier alpha value is -3.88. The number of rotatable bonds is 6. The number of hydrogen-bond acceptors (Lipinski definition) is 9. The van der Waals surface area contributed by atoms with Crippen molar-refractivity contribution < 1.29 is 44.6 Å². The van der Waals surface area contributed by atoms with Crippen molar-refractivity contribution in [2.75, 3.05) is 43.5 Å². The van der Waals surface area contributed by atoms with Crippen LogP contribution in [0.25, 0.3) is 32.1 Å². The lowest BCUT2D eigenvalue weighted by atomic mass is 9.95. The van der Waals surface area contributed by atoms with Crippen LogP contribution in [0.1, 0.15) is 24.8 Å². The van der Waals surface area contributed by atoms with E-state index in [0.29, 0.717) is 13.0 Å². The molecule has 3 aliphatic rings. The Kier molecular flexibility index (Phi) is 7.91. The van der Waals surface area contributed by atoms with E-state index in [1.807, 2.05) is 11.0 Å². The van der Waals surface area contributed by atoms with E-state index in [-0.39, 0.29) is 50.7 Å². The highest BCUT2D eigenvalue weighted by Crippen LogP contribution is 2.52. The zero-order valence-electron chi connectivity index (χ0n) is 24.5. The molecule has 0 radical (unpaired) electrons. The van der Waals surface area contributed by atoms with E-state index in [4.69, 9.17) is 26.8 Å². The van der Waals surface area contributed by atoms with Crippen LogP contribution in [0, 0.1) is 23.0 Å². The molecule has 4 aromatic rings. The van der Waals surface area contributed by atoms with E-state index in [2.05, 4.69) is 9.97 Å². The molecule has 254 valence electrons. The number of nitriles is 1. The topological polar surface area (TPSA) is 101 Å². The number of ether oxygens (including phenoxy) is 2. The summed E-state index contributed by atoms with van der Waals surface area (Å²) in [6.45, 7) is -2.18. The average molecular weight is 719 g/mol. The number of benzene rings is 2. The second-order valence-corrected chi connectivity index (χ2v) is 13.3. The quantitative estimate of drug-likeness (QED) is 0.208. The van der Waals surface area contributed by atoms with Gasteiger partial charge in [-0.05, 0) is 31.0 Å². The summed E-state index contributed by atoms with van der Waals surface area (Å²) >= 11 is 7.40. The van der Waals surface area contributed by atoms with Crippen molar-refractivity contribution >= 4 is 54.7 Å². The minimum Gasteiger partial charge on any atom is -0.489 e. The molecule has 7 rings (SSSR count). The molecule has 3 atom stereocenters. The van der Waals surface area contributed by atoms with E-state index in [0.717, 1.165) is 29.9 Å². The average Bonchev–Trinajstić information content (AvgIpc) is 3.62. The maximum atomic E-state index is 16.9. The second-order valence-electron chi connectivity index (χ2n) is 11.9. The van der Waals surface area contributed by atoms with Crippen LogP contribution < -0.4 is 20.1 Å². The molecular formula is C30H23ClF8N6O2S. The fourth-order valence-corrected chi connectivity index (χ4v) is 8.35. The van der Waals surface area contributed by atoms with Gasteiger partial charge in [-0.25, -0.2) is 22.0 Å². The Morgan fingerprint density at radius 3 is 2.71 bits per heavy atom. The van der Waals surface area contributed by atoms with Crippen molar-refractivity contribution in [3.05, 3.63) is 34.4 Å². The Balaban J connectivity index is 1.49. The highest BCUT2D eigenvalue weighted by atomic mass is 35.5. The zero-order valence-corrected chi connectivity index (χ0v) is 26.1. The number of halogens is 9. The smallest absolute Gasteiger partial charge is 0.412 e. The molecule has 2 aromatic carbocycles. The van der Waals surface area contributed by atoms with Gasteiger partial charge in [0.1, 0.15) is 47.6 Å². The van der Waals surface area contributed by atoms with Gasteiger partial charge in [0.25, 0.3) is 6.43 Å². The molecule has 0 amide bonds. The molecule has 0 bridgehead atoms. The van der Waals surface area contributed by atoms with Crippen LogP contribution in [0.4, 0.5) is 45.9 Å². The number of aromatic nitrogens is 2. The lowest BCUT2D eigenvalue weighted by Gasteiger charge is -2.32. The van der Waals surface area contributed by atoms with E-state index in [1.54, 1.807) is 0 Å². The van der Waals surface area contributed by atoms with Gasteiger partial charge >= 0.3 is 12.2 Å². The summed E-state index contributed by atoms with van der Waals surface area (Å²) in [6.07, 6.45) is -8.19. The van der Waals surface area contributed by atoms with Crippen molar-refractivity contribution in [1.29, 1.82) is 5.26 Å². The molecule has 5 heterocycles. The first-order valence-electron chi connectivity index (χ1n) is 14.6. The monoisotopic (exact) mass is 718 g/mol. The Morgan fingerprint density at radius 1 is 1.23 bits per heavy atom. The molecule has 2 N–H and O–H groups in total. The number of nitrogens with two attached hydrogens (primary N) is 1. The fraction of sp³-hybridized carbons (Fsp3) is 0.433. The Labute approximate surface area is 275 Å². The minimum absolute atomic E-state index is 0.0794. The van der Waals surface area contributed by atoms with Crippen molar-refractivity contribution in [3.8, 4) is 29.0 Å². The molecule has 3 aliphatic heterocycles. The van der Waals surface area contributed by atoms with E-state index in [1.165, 1.54) is 0 Å². The highest BCUT2D eigenvalue weighted by Gasteiger charge is 2.50. The number of alkyl halides is 6. The summed E-state index contributed by atoms with van der Waals surface area (Å²) in [5.41, 5.74) is 3.63. The number of fused-ring (bicyclic) bond motifs is 2. The molecule has 0 aliphatic carbocycles. The molecule has 0 unspecified atom stereocenters. The van der Waals surface area contributed by atoms with E-state index < -0.39 is 94.2 Å². The van der Waals surface area contributed by atoms with Gasteiger partial charge in [0.15, 0.2) is 17.6 Å². The van der Waals surface area contributed by atoms with Gasteiger partial charge in [-0.2, -0.15) is 28.4 Å². The molecule has 2 saturated heterocycles. The van der Waals surface area contributed by atoms with Crippen LogP contribution in [0.3, 0.4) is 0 Å². The number of hydrogen-bond donors (Lipinski definition) is 1. The van der Waals surface area contributed by atoms with E-state index >= 15 is 4.39 Å². The zero-order chi connectivity index (χ0) is 34.3. The van der Waals surface area contributed by atoms with Gasteiger partial charge in [0.05, 0.1) is 32.8 Å². The van der Waals surface area contributed by atoms with Gasteiger partial charge in [0.2, 0.25) is 0 Å². The summed E-state index contributed by atoms with van der Waals surface area (Å²) in [6, 6.07) is 0.614. The minimum atomic E-state index is -5.13. The lowest BCUT2D eigenvalue weighted by Crippen LogP contribution is -2.51. The van der Waals surface area contributed by atoms with Gasteiger partial charge < -0.3 is 20.1 Å². The molecule has 48 heavy (non-hydrogen) atoms. The maximum absolute atomic E-state index is 16.9. The normalized spacial score (nSPS) is 22.7. The predicted octanol–water partition coefficient (Wildman–Crippen LogP) is 7.25. The third kappa shape index (κ3) is 5.10. The molecule has 2 fully saturated rings. The molecule has 8 nitrogen and oxygen atoms in total. The molecular weight excluding hydrogens is 696 g/mol. The van der Waals surface area contributed by atoms with Crippen LogP contribution in [-0.4, -0.2) is 78.1 Å². The van der Waals surface area contributed by atoms with Crippen LogP contribution in [-0.2, 0) is 0 Å². The van der Waals surface area contributed by atoms with Crippen LogP contribution in [0.2, 0.25) is 5.02 Å². The van der Waals surface area contributed by atoms with Crippen LogP contribution in [0.5, 0.6) is 11.8 Å². The summed E-state index contributed by atoms with van der Waals surface area (Å²) < 4.78 is 128. The van der Waals surface area contributed by atoms with Crippen LogP contribution >= 0.6 is 22.9 Å². The molecule has 0 saturated carbocycles. The molecule has 2 aromatic heterocycles. The summed E-state index contributed by atoms with van der Waals surface area (Å²) in [5, 5.41) is 8.48. The lowest BCUT2D eigenvalue weighted by molar-refractivity contribution is -0.155. The van der Waals surface area contributed by atoms with Gasteiger partial charge in [0, 0.05) is 23.9 Å². The van der Waals surface area contributed by atoms with Crippen molar-refractivity contribution in [2.45, 2.75) is 49.6 Å². The number of nitrogens with zero attached hydrogens (tertiary/aromatic N) is 5.